The summed E-state index contributed by atoms with van der Waals surface area (Å²) < 4.78 is 0. The molecule has 6 heteroatoms. The average molecular weight is 279 g/mol. The fourth-order valence-corrected chi connectivity index (χ4v) is 2.67. The van der Waals surface area contributed by atoms with Crippen LogP contribution in [0, 0.1) is 0 Å². The molecule has 1 aromatic heterocycles. The van der Waals surface area contributed by atoms with Crippen molar-refractivity contribution in [3.8, 4) is 0 Å². The summed E-state index contributed by atoms with van der Waals surface area (Å²) in [5.41, 5.74) is 8.01. The monoisotopic (exact) mass is 279 g/mol. The Morgan fingerprint density at radius 1 is 1.40 bits per heavy atom. The van der Waals surface area contributed by atoms with Crippen molar-refractivity contribution in [1.29, 1.82) is 0 Å². The number of aliphatic hydroxyl groups excluding tert-OH is 1. The SMILES string of the molecule is CCCC(CCO)Nc1nc(N)nc2c1CN(C)CC2. The Balaban J connectivity index is 2.23. The molecule has 0 aliphatic carbocycles. The first-order chi connectivity index (χ1) is 9.63. The Morgan fingerprint density at radius 3 is 2.90 bits per heavy atom. The maximum absolute atomic E-state index is 9.17. The Bertz CT molecular complexity index is 445. The van der Waals surface area contributed by atoms with E-state index in [-0.39, 0.29) is 12.6 Å². The molecule has 0 saturated carbocycles. The molecule has 1 aliphatic rings. The molecule has 20 heavy (non-hydrogen) atoms. The largest absolute Gasteiger partial charge is 0.396 e. The zero-order valence-corrected chi connectivity index (χ0v) is 12.4. The summed E-state index contributed by atoms with van der Waals surface area (Å²) >= 11 is 0. The number of likely N-dealkylation sites (N-methyl/N-ethyl adjacent to an activating group) is 1. The molecule has 0 spiro atoms. The van der Waals surface area contributed by atoms with Gasteiger partial charge in [0.2, 0.25) is 5.95 Å². The molecule has 0 radical (unpaired) electrons. The van der Waals surface area contributed by atoms with Crippen molar-refractivity contribution in [1.82, 2.24) is 14.9 Å². The fourth-order valence-electron chi connectivity index (χ4n) is 2.67. The topological polar surface area (TPSA) is 87.3 Å². The molecule has 2 rings (SSSR count). The molecule has 0 bridgehead atoms. The Labute approximate surface area is 120 Å². The molecule has 112 valence electrons. The maximum atomic E-state index is 9.17. The first-order valence-electron chi connectivity index (χ1n) is 7.35. The second-order valence-electron chi connectivity index (χ2n) is 5.49. The van der Waals surface area contributed by atoms with Gasteiger partial charge in [0, 0.05) is 37.7 Å². The van der Waals surface area contributed by atoms with E-state index >= 15 is 0 Å². The zero-order valence-electron chi connectivity index (χ0n) is 12.4. The van der Waals surface area contributed by atoms with Crippen LogP contribution in [0.4, 0.5) is 11.8 Å². The van der Waals surface area contributed by atoms with Crippen molar-refractivity contribution in [2.24, 2.45) is 0 Å². The number of nitrogens with zero attached hydrogens (tertiary/aromatic N) is 3. The zero-order chi connectivity index (χ0) is 14.5. The van der Waals surface area contributed by atoms with Crippen molar-refractivity contribution >= 4 is 11.8 Å². The number of rotatable bonds is 6. The van der Waals surface area contributed by atoms with E-state index in [2.05, 4.69) is 34.2 Å². The van der Waals surface area contributed by atoms with Gasteiger partial charge in [0.15, 0.2) is 0 Å². The van der Waals surface area contributed by atoms with Gasteiger partial charge in [-0.25, -0.2) is 4.98 Å². The van der Waals surface area contributed by atoms with E-state index in [1.807, 2.05) is 0 Å². The van der Waals surface area contributed by atoms with Gasteiger partial charge in [0.1, 0.15) is 5.82 Å². The van der Waals surface area contributed by atoms with Crippen LogP contribution in [0.15, 0.2) is 0 Å². The first kappa shape index (κ1) is 15.0. The number of hydrogen-bond donors (Lipinski definition) is 3. The molecule has 6 nitrogen and oxygen atoms in total. The second-order valence-corrected chi connectivity index (χ2v) is 5.49. The predicted molar refractivity (Wildman–Crippen MR) is 80.5 cm³/mol. The quantitative estimate of drug-likeness (QED) is 0.720. The lowest BCUT2D eigenvalue weighted by atomic mass is 10.0. The number of hydrogen-bond acceptors (Lipinski definition) is 6. The summed E-state index contributed by atoms with van der Waals surface area (Å²) in [5.74, 6) is 1.17. The number of fused-ring (bicyclic) bond motifs is 1. The van der Waals surface area contributed by atoms with Crippen molar-refractivity contribution in [2.45, 2.75) is 45.2 Å². The van der Waals surface area contributed by atoms with E-state index in [9.17, 15) is 5.11 Å². The van der Waals surface area contributed by atoms with E-state index in [1.54, 1.807) is 0 Å². The summed E-state index contributed by atoms with van der Waals surface area (Å²) in [4.78, 5) is 11.0. The number of nitrogen functional groups attached to an aromatic ring is 1. The highest BCUT2D eigenvalue weighted by Crippen LogP contribution is 2.25. The fraction of sp³-hybridized carbons (Fsp3) is 0.714. The van der Waals surface area contributed by atoms with Crippen LogP contribution in [0.2, 0.25) is 0 Å². The van der Waals surface area contributed by atoms with Gasteiger partial charge in [0.25, 0.3) is 0 Å². The van der Waals surface area contributed by atoms with E-state index in [0.717, 1.165) is 55.8 Å². The molecule has 1 aliphatic heterocycles. The van der Waals surface area contributed by atoms with Crippen LogP contribution in [0.1, 0.15) is 37.4 Å². The van der Waals surface area contributed by atoms with E-state index in [0.29, 0.717) is 5.95 Å². The Morgan fingerprint density at radius 2 is 2.20 bits per heavy atom. The van der Waals surface area contributed by atoms with Crippen LogP contribution in [0.3, 0.4) is 0 Å². The number of nitrogens with one attached hydrogen (secondary N) is 1. The average Bonchev–Trinajstić information content (AvgIpc) is 2.40. The minimum absolute atomic E-state index is 0.181. The molecule has 0 aromatic carbocycles. The number of nitrogens with two attached hydrogens (primary N) is 1. The van der Waals surface area contributed by atoms with Crippen molar-refractivity contribution < 1.29 is 5.11 Å². The van der Waals surface area contributed by atoms with E-state index in [1.165, 1.54) is 0 Å². The van der Waals surface area contributed by atoms with Gasteiger partial charge in [-0.3, -0.25) is 0 Å². The summed E-state index contributed by atoms with van der Waals surface area (Å²) in [5, 5.41) is 12.6. The van der Waals surface area contributed by atoms with Crippen LogP contribution in [-0.4, -0.2) is 46.2 Å². The lowest BCUT2D eigenvalue weighted by Gasteiger charge is -2.27. The summed E-state index contributed by atoms with van der Waals surface area (Å²) in [7, 11) is 2.10. The molecule has 4 N–H and O–H groups in total. The molecular weight excluding hydrogens is 254 g/mol. The number of aliphatic hydroxyl groups is 1. The van der Waals surface area contributed by atoms with Crippen LogP contribution < -0.4 is 11.1 Å². The van der Waals surface area contributed by atoms with Gasteiger partial charge in [-0.05, 0) is 19.9 Å². The summed E-state index contributed by atoms with van der Waals surface area (Å²) in [6.45, 7) is 4.16. The third-order valence-electron chi connectivity index (χ3n) is 3.72. The van der Waals surface area contributed by atoms with Crippen molar-refractivity contribution in [3.63, 3.8) is 0 Å². The first-order valence-corrected chi connectivity index (χ1v) is 7.35. The highest BCUT2D eigenvalue weighted by molar-refractivity contribution is 5.51. The highest BCUT2D eigenvalue weighted by Gasteiger charge is 2.21. The van der Waals surface area contributed by atoms with Gasteiger partial charge in [-0.15, -0.1) is 0 Å². The van der Waals surface area contributed by atoms with Crippen LogP contribution in [0.25, 0.3) is 0 Å². The molecule has 2 heterocycles. The van der Waals surface area contributed by atoms with Gasteiger partial charge in [-0.1, -0.05) is 13.3 Å². The molecule has 1 aromatic rings. The third-order valence-corrected chi connectivity index (χ3v) is 3.72. The number of aromatic nitrogens is 2. The summed E-state index contributed by atoms with van der Waals surface area (Å²) in [6, 6.07) is 0.232. The lowest BCUT2D eigenvalue weighted by Crippen LogP contribution is -2.30. The molecule has 0 amide bonds. The normalized spacial score (nSPS) is 16.8. The van der Waals surface area contributed by atoms with Crippen molar-refractivity contribution in [3.05, 3.63) is 11.3 Å². The molecule has 1 atom stereocenters. The molecule has 1 unspecified atom stereocenters. The van der Waals surface area contributed by atoms with Crippen LogP contribution in [-0.2, 0) is 13.0 Å². The predicted octanol–water partition coefficient (Wildman–Crippen LogP) is 1.01. The minimum Gasteiger partial charge on any atom is -0.396 e. The third kappa shape index (κ3) is 3.58. The van der Waals surface area contributed by atoms with Gasteiger partial charge in [0.05, 0.1) is 5.69 Å². The Hall–Kier alpha value is -1.40. The maximum Gasteiger partial charge on any atom is 0.222 e. The molecule has 0 saturated heterocycles. The van der Waals surface area contributed by atoms with Gasteiger partial charge in [-0.2, -0.15) is 4.98 Å². The number of anilines is 2. The van der Waals surface area contributed by atoms with Crippen LogP contribution >= 0.6 is 0 Å². The standard InChI is InChI=1S/C14H25N5O/c1-3-4-10(6-8-20)16-13-11-9-19(2)7-5-12(11)17-14(15)18-13/h10,20H,3-9H2,1-2H3,(H3,15,16,17,18). The van der Waals surface area contributed by atoms with E-state index in [4.69, 9.17) is 5.73 Å². The summed E-state index contributed by atoms with van der Waals surface area (Å²) in [6.07, 6.45) is 3.71. The van der Waals surface area contributed by atoms with Gasteiger partial charge < -0.3 is 21.1 Å². The molecule has 0 fully saturated rings. The van der Waals surface area contributed by atoms with Crippen molar-refractivity contribution in [2.75, 3.05) is 31.2 Å². The molecular formula is C14H25N5O. The minimum atomic E-state index is 0.181. The van der Waals surface area contributed by atoms with Gasteiger partial charge >= 0.3 is 0 Å². The highest BCUT2D eigenvalue weighted by atomic mass is 16.3. The smallest absolute Gasteiger partial charge is 0.222 e. The van der Waals surface area contributed by atoms with Crippen LogP contribution in [0.5, 0.6) is 0 Å². The lowest BCUT2D eigenvalue weighted by molar-refractivity contribution is 0.276. The van der Waals surface area contributed by atoms with E-state index < -0.39 is 0 Å². The second kappa shape index (κ2) is 6.85. The Kier molecular flexibility index (Phi) is 5.14.